The lowest BCUT2D eigenvalue weighted by Crippen LogP contribution is -2.30. The molecule has 0 aliphatic rings. The van der Waals surface area contributed by atoms with Gasteiger partial charge >= 0.3 is 6.18 Å². The maximum atomic E-state index is 12.8. The van der Waals surface area contributed by atoms with Gasteiger partial charge < -0.3 is 10.1 Å². The summed E-state index contributed by atoms with van der Waals surface area (Å²) in [5, 5.41) is 3.05. The third-order valence-corrected chi connectivity index (χ3v) is 5.98. The van der Waals surface area contributed by atoms with Crippen molar-refractivity contribution in [3.05, 3.63) is 83.4 Å². The topological polar surface area (TPSA) is 84.5 Å². The van der Waals surface area contributed by atoms with Gasteiger partial charge in [0.2, 0.25) is 0 Å². The quantitative estimate of drug-likeness (QED) is 0.446. The molecule has 3 aromatic rings. The summed E-state index contributed by atoms with van der Waals surface area (Å²) >= 11 is 5.88. The maximum absolute atomic E-state index is 12.8. The van der Waals surface area contributed by atoms with E-state index in [1.54, 1.807) is 24.3 Å². The molecule has 174 valence electrons. The first-order valence-electron chi connectivity index (χ1n) is 9.47. The Morgan fingerprint density at radius 3 is 2.27 bits per heavy atom. The van der Waals surface area contributed by atoms with Crippen LogP contribution < -0.4 is 14.8 Å². The zero-order valence-electron chi connectivity index (χ0n) is 17.1. The van der Waals surface area contributed by atoms with Crippen LogP contribution in [0.15, 0.2) is 77.7 Å². The van der Waals surface area contributed by atoms with Gasteiger partial charge in [0.05, 0.1) is 10.5 Å². The Morgan fingerprint density at radius 2 is 1.64 bits per heavy atom. The minimum absolute atomic E-state index is 0.193. The highest BCUT2D eigenvalue weighted by atomic mass is 35.5. The molecular formula is C22H18ClF3N2O4S. The SMILES string of the molecule is CC(Oc1cccc(Cl)c1)C(=O)Nc1ccc(S(=O)(=O)Nc2cccc(C(F)(F)F)c2)cc1. The first-order chi connectivity index (χ1) is 15.4. The van der Waals surface area contributed by atoms with Crippen molar-refractivity contribution in [1.82, 2.24) is 0 Å². The number of sulfonamides is 1. The molecule has 1 amide bonds. The summed E-state index contributed by atoms with van der Waals surface area (Å²) in [5.74, 6) is -0.0695. The average molecular weight is 499 g/mol. The summed E-state index contributed by atoms with van der Waals surface area (Å²) in [4.78, 5) is 12.2. The second-order valence-corrected chi connectivity index (χ2v) is 9.03. The molecule has 0 aliphatic heterocycles. The number of alkyl halides is 3. The molecule has 0 saturated carbocycles. The Morgan fingerprint density at radius 1 is 0.970 bits per heavy atom. The van der Waals surface area contributed by atoms with Crippen molar-refractivity contribution >= 4 is 38.9 Å². The number of ether oxygens (including phenoxy) is 1. The molecule has 33 heavy (non-hydrogen) atoms. The van der Waals surface area contributed by atoms with Crippen LogP contribution in [0.1, 0.15) is 12.5 Å². The number of benzene rings is 3. The standard InChI is InChI=1S/C22H18ClF3N2O4S/c1-14(32-19-7-3-5-16(23)13-19)21(29)27-17-8-10-20(11-9-17)33(30,31)28-18-6-2-4-15(12-18)22(24,25)26/h2-14,28H,1H3,(H,27,29). The molecule has 0 aromatic heterocycles. The van der Waals surface area contributed by atoms with Crippen LogP contribution in [0.4, 0.5) is 24.5 Å². The smallest absolute Gasteiger partial charge is 0.416 e. The van der Waals surface area contributed by atoms with Crippen molar-refractivity contribution in [2.24, 2.45) is 0 Å². The van der Waals surface area contributed by atoms with Crippen molar-refractivity contribution in [3.8, 4) is 5.75 Å². The summed E-state index contributed by atoms with van der Waals surface area (Å²) in [6.45, 7) is 1.54. The van der Waals surface area contributed by atoms with Gasteiger partial charge in [0.1, 0.15) is 5.75 Å². The van der Waals surface area contributed by atoms with Crippen LogP contribution in [0.5, 0.6) is 5.75 Å². The van der Waals surface area contributed by atoms with E-state index in [1.165, 1.54) is 37.3 Å². The molecule has 0 saturated heterocycles. The van der Waals surface area contributed by atoms with Gasteiger partial charge in [-0.05, 0) is 67.6 Å². The second kappa shape index (κ2) is 9.72. The maximum Gasteiger partial charge on any atom is 0.416 e. The van der Waals surface area contributed by atoms with Gasteiger partial charge in [-0.25, -0.2) is 8.42 Å². The Hall–Kier alpha value is -3.24. The van der Waals surface area contributed by atoms with Crippen LogP contribution in [0, 0.1) is 0 Å². The fourth-order valence-electron chi connectivity index (χ4n) is 2.73. The highest BCUT2D eigenvalue weighted by Gasteiger charge is 2.30. The highest BCUT2D eigenvalue weighted by molar-refractivity contribution is 7.92. The largest absolute Gasteiger partial charge is 0.481 e. The third kappa shape index (κ3) is 6.62. The van der Waals surface area contributed by atoms with Gasteiger partial charge in [0.15, 0.2) is 6.10 Å². The lowest BCUT2D eigenvalue weighted by Gasteiger charge is -2.15. The van der Waals surface area contributed by atoms with Gasteiger partial charge in [0, 0.05) is 16.4 Å². The van der Waals surface area contributed by atoms with E-state index in [9.17, 15) is 26.4 Å². The monoisotopic (exact) mass is 498 g/mol. The molecule has 6 nitrogen and oxygen atoms in total. The fourth-order valence-corrected chi connectivity index (χ4v) is 3.96. The minimum atomic E-state index is -4.60. The molecule has 3 aromatic carbocycles. The Bertz CT molecular complexity index is 1250. The highest BCUT2D eigenvalue weighted by Crippen LogP contribution is 2.31. The molecular weight excluding hydrogens is 481 g/mol. The summed E-state index contributed by atoms with van der Waals surface area (Å²) in [6.07, 6.45) is -5.47. The van der Waals surface area contributed by atoms with Crippen molar-refractivity contribution in [2.75, 3.05) is 10.0 Å². The molecule has 0 spiro atoms. The summed E-state index contributed by atoms with van der Waals surface area (Å²) in [6, 6.07) is 15.5. The molecule has 0 aliphatic carbocycles. The molecule has 11 heteroatoms. The zero-order chi connectivity index (χ0) is 24.2. The second-order valence-electron chi connectivity index (χ2n) is 6.92. The molecule has 0 bridgehead atoms. The summed E-state index contributed by atoms with van der Waals surface area (Å²) in [5.41, 5.74) is -0.899. The van der Waals surface area contributed by atoms with Crippen LogP contribution >= 0.6 is 11.6 Å². The number of anilines is 2. The minimum Gasteiger partial charge on any atom is -0.481 e. The molecule has 0 fully saturated rings. The van der Waals surface area contributed by atoms with E-state index >= 15 is 0 Å². The fraction of sp³-hybridized carbons (Fsp3) is 0.136. The van der Waals surface area contributed by atoms with Crippen LogP contribution in [0.3, 0.4) is 0 Å². The van der Waals surface area contributed by atoms with Gasteiger partial charge in [-0.15, -0.1) is 0 Å². The van der Waals surface area contributed by atoms with E-state index in [-0.39, 0.29) is 10.6 Å². The molecule has 3 rings (SSSR count). The number of hydrogen-bond donors (Lipinski definition) is 2. The number of hydrogen-bond acceptors (Lipinski definition) is 4. The van der Waals surface area contributed by atoms with E-state index in [0.29, 0.717) is 22.5 Å². The number of carbonyl (C=O) groups is 1. The van der Waals surface area contributed by atoms with Crippen LogP contribution in [0.2, 0.25) is 5.02 Å². The number of rotatable bonds is 7. The average Bonchev–Trinajstić information content (AvgIpc) is 2.73. The van der Waals surface area contributed by atoms with Gasteiger partial charge in [0.25, 0.3) is 15.9 Å². The first-order valence-corrected chi connectivity index (χ1v) is 11.3. The predicted molar refractivity (Wildman–Crippen MR) is 119 cm³/mol. The van der Waals surface area contributed by atoms with Crippen molar-refractivity contribution in [2.45, 2.75) is 24.1 Å². The first kappa shape index (κ1) is 24.4. The van der Waals surface area contributed by atoms with E-state index < -0.39 is 33.8 Å². The van der Waals surface area contributed by atoms with E-state index in [0.717, 1.165) is 12.1 Å². The van der Waals surface area contributed by atoms with Crippen molar-refractivity contribution < 1.29 is 31.1 Å². The number of carbonyl (C=O) groups excluding carboxylic acids is 1. The summed E-state index contributed by atoms with van der Waals surface area (Å²) < 4.78 is 71.2. The number of amides is 1. The van der Waals surface area contributed by atoms with Crippen molar-refractivity contribution in [1.29, 1.82) is 0 Å². The van der Waals surface area contributed by atoms with Crippen LogP contribution in [0.25, 0.3) is 0 Å². The molecule has 0 radical (unpaired) electrons. The van der Waals surface area contributed by atoms with E-state index in [4.69, 9.17) is 16.3 Å². The molecule has 1 unspecified atom stereocenters. The lowest BCUT2D eigenvalue weighted by molar-refractivity contribution is -0.137. The van der Waals surface area contributed by atoms with Crippen molar-refractivity contribution in [3.63, 3.8) is 0 Å². The van der Waals surface area contributed by atoms with E-state index in [1.807, 2.05) is 0 Å². The lowest BCUT2D eigenvalue weighted by atomic mass is 10.2. The number of nitrogens with one attached hydrogen (secondary N) is 2. The van der Waals surface area contributed by atoms with E-state index in [2.05, 4.69) is 10.0 Å². The van der Waals surface area contributed by atoms with Gasteiger partial charge in [-0.3, -0.25) is 9.52 Å². The zero-order valence-corrected chi connectivity index (χ0v) is 18.6. The van der Waals surface area contributed by atoms with Gasteiger partial charge in [-0.2, -0.15) is 13.2 Å². The normalized spacial score (nSPS) is 12.6. The Kier molecular flexibility index (Phi) is 7.19. The van der Waals surface area contributed by atoms with Crippen LogP contribution in [-0.2, 0) is 21.0 Å². The third-order valence-electron chi connectivity index (χ3n) is 4.35. The Balaban J connectivity index is 1.66. The molecule has 2 N–H and O–H groups in total. The Labute approximate surface area is 193 Å². The molecule has 0 heterocycles. The molecule has 1 atom stereocenters. The number of halogens is 4. The summed E-state index contributed by atoms with van der Waals surface area (Å²) in [7, 11) is -4.15. The predicted octanol–water partition coefficient (Wildman–Crippen LogP) is 5.57. The van der Waals surface area contributed by atoms with Crippen LogP contribution in [-0.4, -0.2) is 20.4 Å². The van der Waals surface area contributed by atoms with Gasteiger partial charge in [-0.1, -0.05) is 23.7 Å².